The maximum absolute atomic E-state index is 10.7. The molecule has 0 unspecified atom stereocenters. The predicted octanol–water partition coefficient (Wildman–Crippen LogP) is 11.9. The van der Waals surface area contributed by atoms with Crippen LogP contribution in [-0.2, 0) is 81.5 Å². The summed E-state index contributed by atoms with van der Waals surface area (Å²) in [5, 5.41) is 0. The van der Waals surface area contributed by atoms with Gasteiger partial charge in [0.15, 0.2) is 97.4 Å². The maximum Gasteiger partial charge on any atom is 0.485 e. The zero-order valence-corrected chi connectivity index (χ0v) is 57.0. The summed E-state index contributed by atoms with van der Waals surface area (Å²) >= 11 is 0. The van der Waals surface area contributed by atoms with Gasteiger partial charge >= 0.3 is 22.0 Å². The van der Waals surface area contributed by atoms with Gasteiger partial charge in [0.1, 0.15) is 24.2 Å². The van der Waals surface area contributed by atoms with Crippen LogP contribution in [0.2, 0.25) is 0 Å². The Morgan fingerprint density at radius 3 is 0.592 bits per heavy atom. The van der Waals surface area contributed by atoms with Crippen molar-refractivity contribution >= 4 is 84.6 Å². The molecule has 0 radical (unpaired) electrons. The van der Waals surface area contributed by atoms with Crippen LogP contribution in [0.15, 0.2) is 97.1 Å². The highest BCUT2D eigenvalue weighted by Gasteiger charge is 2.42. The molecule has 8 aromatic rings. The van der Waals surface area contributed by atoms with E-state index in [0.29, 0.717) is 24.2 Å². The molecule has 0 bridgehead atoms. The van der Waals surface area contributed by atoms with E-state index in [9.17, 15) is 52.7 Å². The van der Waals surface area contributed by atoms with E-state index >= 15 is 0 Å². The van der Waals surface area contributed by atoms with Gasteiger partial charge in [-0.15, -0.1) is 0 Å². The van der Waals surface area contributed by atoms with Crippen molar-refractivity contribution < 1.29 is 123 Å². The average molecular weight is 1480 g/mol. The third-order valence-electron chi connectivity index (χ3n) is 18.2. The first-order valence-corrected chi connectivity index (χ1v) is 37.1. The van der Waals surface area contributed by atoms with Crippen molar-refractivity contribution in [2.75, 3.05) is 0 Å². The Kier molecular flexibility index (Phi) is 25.5. The van der Waals surface area contributed by atoms with Crippen molar-refractivity contribution in [2.24, 2.45) is 28.2 Å². The zero-order chi connectivity index (χ0) is 72.7. The maximum atomic E-state index is 10.7. The molecule has 0 aliphatic heterocycles. The number of aromatic nitrogens is 8. The number of hydrogen-bond acceptors (Lipinski definition) is 12. The quantitative estimate of drug-likeness (QED) is 0.0595. The van der Waals surface area contributed by atoms with Crippen LogP contribution >= 0.6 is 0 Å². The molecule has 98 heavy (non-hydrogen) atoms. The second-order valence-corrected chi connectivity index (χ2v) is 29.9. The first-order valence-electron chi connectivity index (χ1n) is 31.5. The first kappa shape index (κ1) is 78.9. The summed E-state index contributed by atoms with van der Waals surface area (Å²) in [4.78, 5) is 0. The molecule has 4 aliphatic rings. The SMILES string of the molecule is C[n+]1c(Cc2n(C3CCCCC3)c3ccccc3[n+]2C)n(C2CCCCC2)c2ccccc21.C[n+]1c(Cc2n(C3CCCCC3)c3ccccc3[n+]2C)n(C2CCCCC2)c2ccccc21.O=S(=O)([O-])C(F)(F)F.O=S(=O)([O-])C(F)(F)F.O=S(=O)([O-])C(F)(F)F.O=S(=O)([O-])C(F)(F)F. The Balaban J connectivity index is 0.000000192. The van der Waals surface area contributed by atoms with Crippen LogP contribution in [0, 0.1) is 0 Å². The number of halogens is 12. The Morgan fingerprint density at radius 1 is 0.306 bits per heavy atom. The normalized spacial score (nSPS) is 17.0. The monoisotopic (exact) mass is 1480 g/mol. The molecule has 0 amide bonds. The van der Waals surface area contributed by atoms with E-state index in [1.54, 1.807) is 0 Å². The van der Waals surface area contributed by atoms with Crippen LogP contribution in [0.25, 0.3) is 44.1 Å². The minimum atomic E-state index is -6.09. The topological polar surface area (TPSA) is 264 Å². The van der Waals surface area contributed by atoms with Gasteiger partial charge in [0.25, 0.3) is 23.3 Å². The lowest BCUT2D eigenvalue weighted by molar-refractivity contribution is -0.667. The lowest BCUT2D eigenvalue weighted by Gasteiger charge is -2.22. The minimum Gasteiger partial charge on any atom is -0.741 e. The standard InChI is InChI=1S/2C29H38N4.4CHF3O3S/c2*1-30-24-17-9-11-19-26(24)32(22-13-5-3-6-14-22)28(30)21-29-31(2)25-18-10-12-20-27(25)33(29)23-15-7-4-8-16-23;4*2-1(3,4)8(5,6)7/h2*9-12,17-20,22-23H,3-8,13-16,21H2,1-2H3;4*(H,5,6,7)/q2*+2;;;;/p-4. The summed E-state index contributed by atoms with van der Waals surface area (Å²) in [6.07, 6.45) is 28.8. The fraction of sp³-hybridized carbons (Fsp3) is 0.548. The molecular formula is C62H76F12N8O12S4. The molecule has 4 heterocycles. The largest absolute Gasteiger partial charge is 0.741 e. The van der Waals surface area contributed by atoms with E-state index in [1.165, 1.54) is 196 Å². The van der Waals surface area contributed by atoms with E-state index in [4.69, 9.17) is 51.9 Å². The summed E-state index contributed by atoms with van der Waals surface area (Å²) in [5.74, 6) is 5.83. The number of hydrogen-bond donors (Lipinski definition) is 0. The van der Waals surface area contributed by atoms with Crippen LogP contribution in [0.3, 0.4) is 0 Å². The summed E-state index contributed by atoms with van der Waals surface area (Å²) < 4.78 is 256. The second-order valence-electron chi connectivity index (χ2n) is 24.5. The number of rotatable bonds is 8. The lowest BCUT2D eigenvalue weighted by Crippen LogP contribution is -2.39. The molecule has 0 spiro atoms. The molecule has 36 heteroatoms. The van der Waals surface area contributed by atoms with Gasteiger partial charge in [0.2, 0.25) is 0 Å². The molecule has 0 atom stereocenters. The van der Waals surface area contributed by atoms with Gasteiger partial charge in [-0.05, 0) is 151 Å². The van der Waals surface area contributed by atoms with Gasteiger partial charge in [0.05, 0.1) is 28.2 Å². The van der Waals surface area contributed by atoms with Crippen molar-refractivity contribution in [1.82, 2.24) is 18.3 Å². The molecule has 4 fully saturated rings. The van der Waals surface area contributed by atoms with Gasteiger partial charge < -0.3 is 18.2 Å². The summed E-state index contributed by atoms with van der Waals surface area (Å²) in [6.45, 7) is 0. The molecule has 20 nitrogen and oxygen atoms in total. The van der Waals surface area contributed by atoms with Crippen molar-refractivity contribution in [3.8, 4) is 0 Å². The summed E-state index contributed by atoms with van der Waals surface area (Å²) in [6, 6.07) is 38.7. The summed E-state index contributed by atoms with van der Waals surface area (Å²) in [7, 11) is -15.2. The van der Waals surface area contributed by atoms with Crippen LogP contribution in [0.4, 0.5) is 52.7 Å². The van der Waals surface area contributed by atoms with Gasteiger partial charge in [-0.3, -0.25) is 0 Å². The van der Waals surface area contributed by atoms with Crippen molar-refractivity contribution in [3.63, 3.8) is 0 Å². The number of benzene rings is 4. The number of para-hydroxylation sites is 8. The molecule has 4 aromatic heterocycles. The number of imidazole rings is 4. The van der Waals surface area contributed by atoms with Gasteiger partial charge in [0, 0.05) is 0 Å². The molecule has 0 saturated heterocycles. The zero-order valence-electron chi connectivity index (χ0n) is 53.7. The molecule has 12 rings (SSSR count). The number of nitrogens with zero attached hydrogens (tertiary/aromatic N) is 8. The van der Waals surface area contributed by atoms with Gasteiger partial charge in [-0.25, -0.2) is 70.2 Å². The third kappa shape index (κ3) is 18.7. The molecule has 0 N–H and O–H groups in total. The van der Waals surface area contributed by atoms with Crippen molar-refractivity contribution in [1.29, 1.82) is 0 Å². The summed E-state index contributed by atoms with van der Waals surface area (Å²) in [5.41, 5.74) is -11.5. The van der Waals surface area contributed by atoms with Crippen molar-refractivity contribution in [2.45, 2.75) is 187 Å². The smallest absolute Gasteiger partial charge is 0.485 e. The van der Waals surface area contributed by atoms with Crippen molar-refractivity contribution in [3.05, 3.63) is 120 Å². The second kappa shape index (κ2) is 31.6. The van der Waals surface area contributed by atoms with E-state index in [-0.39, 0.29) is 0 Å². The molecule has 4 saturated carbocycles. The number of alkyl halides is 12. The van der Waals surface area contributed by atoms with Gasteiger partial charge in [-0.2, -0.15) is 52.7 Å². The molecule has 4 aromatic carbocycles. The van der Waals surface area contributed by atoms with Crippen LogP contribution in [0.1, 0.15) is 176 Å². The van der Waals surface area contributed by atoms with E-state index in [0.717, 1.165) is 12.8 Å². The van der Waals surface area contributed by atoms with Crippen LogP contribution < -0.4 is 18.3 Å². The highest BCUT2D eigenvalue weighted by molar-refractivity contribution is 7.87. The van der Waals surface area contributed by atoms with Crippen LogP contribution in [-0.4, -0.2) is 92.2 Å². The highest BCUT2D eigenvalue weighted by Crippen LogP contribution is 2.38. The first-order chi connectivity index (χ1) is 45.5. The predicted molar refractivity (Wildman–Crippen MR) is 330 cm³/mol. The Hall–Kier alpha value is -6.44. The molecular weight excluding hydrogens is 1400 g/mol. The number of aryl methyl sites for hydroxylation is 4. The third-order valence-corrected chi connectivity index (χ3v) is 20.5. The van der Waals surface area contributed by atoms with Gasteiger partial charge in [-0.1, -0.05) is 74.2 Å². The van der Waals surface area contributed by atoms with Crippen LogP contribution in [0.5, 0.6) is 0 Å². The average Bonchev–Trinajstić information content (AvgIpc) is 1.60. The minimum absolute atomic E-state index is 0.623. The Morgan fingerprint density at radius 2 is 0.449 bits per heavy atom. The van der Waals surface area contributed by atoms with E-state index in [2.05, 4.69) is 162 Å². The lowest BCUT2D eigenvalue weighted by atomic mass is 9.94. The fourth-order valence-electron chi connectivity index (χ4n) is 13.6. The number of fused-ring (bicyclic) bond motifs is 4. The fourth-order valence-corrected chi connectivity index (χ4v) is 13.6. The Bertz CT molecular complexity index is 3960. The molecule has 4 aliphatic carbocycles. The van der Waals surface area contributed by atoms with E-state index in [1.807, 2.05) is 0 Å². The molecule has 544 valence electrons. The van der Waals surface area contributed by atoms with E-state index < -0.39 is 62.5 Å². The highest BCUT2D eigenvalue weighted by atomic mass is 32.2. The Labute approximate surface area is 559 Å².